The van der Waals surface area contributed by atoms with E-state index >= 15 is 4.39 Å². The number of para-hydroxylation sites is 1. The minimum Gasteiger partial charge on any atom is -0.468 e. The summed E-state index contributed by atoms with van der Waals surface area (Å²) in [7, 11) is -1.64. The number of carbonyl (C=O) groups is 1. The predicted octanol–water partition coefficient (Wildman–Crippen LogP) is 1.44. The Bertz CT molecular complexity index is 1160. The number of benzene rings is 1. The number of ether oxygens (including phenoxy) is 2. The molecule has 0 bridgehead atoms. The first-order valence-electron chi connectivity index (χ1n) is 10.6. The SMILES string of the molecule is CC[C@@H](C(=O)OC)N(OC[C@H]1O[C@@H](n2ccc(=O)[nH]c2=O)[C@](C)(F)[C@@H]1O)[P+](=O)Oc1ccccc1. The second kappa shape index (κ2) is 11.2. The van der Waals surface area contributed by atoms with Gasteiger partial charge in [0.05, 0.1) is 11.9 Å². The molecule has 190 valence electrons. The number of hydrogen-bond donors (Lipinski definition) is 2. The van der Waals surface area contributed by atoms with Gasteiger partial charge in [0.1, 0.15) is 18.8 Å². The molecule has 1 aliphatic rings. The van der Waals surface area contributed by atoms with Crippen LogP contribution in [-0.4, -0.2) is 63.1 Å². The van der Waals surface area contributed by atoms with Gasteiger partial charge in [-0.15, -0.1) is 0 Å². The third kappa shape index (κ3) is 5.82. The Labute approximate surface area is 200 Å². The van der Waals surface area contributed by atoms with Crippen molar-refractivity contribution in [3.05, 3.63) is 63.4 Å². The van der Waals surface area contributed by atoms with Crippen molar-refractivity contribution in [3.63, 3.8) is 0 Å². The van der Waals surface area contributed by atoms with Crippen molar-refractivity contribution in [2.24, 2.45) is 0 Å². The Morgan fingerprint density at radius 1 is 1.34 bits per heavy atom. The fraction of sp³-hybridized carbons (Fsp3) is 0.476. The molecule has 35 heavy (non-hydrogen) atoms. The summed E-state index contributed by atoms with van der Waals surface area (Å²) in [6.07, 6.45) is -3.55. The van der Waals surface area contributed by atoms with E-state index in [0.29, 0.717) is 0 Å². The van der Waals surface area contributed by atoms with Crippen LogP contribution in [0.4, 0.5) is 4.39 Å². The molecule has 2 aromatic rings. The molecule has 0 amide bonds. The molecule has 1 aromatic carbocycles. The summed E-state index contributed by atoms with van der Waals surface area (Å²) in [6.45, 7) is 2.10. The maximum absolute atomic E-state index is 15.4. The van der Waals surface area contributed by atoms with Crippen LogP contribution >= 0.6 is 8.18 Å². The molecule has 14 heteroatoms. The van der Waals surface area contributed by atoms with Crippen LogP contribution < -0.4 is 15.8 Å². The number of hydrogen-bond acceptors (Lipinski definition) is 9. The number of methoxy groups -OCH3 is 1. The van der Waals surface area contributed by atoms with E-state index in [1.54, 1.807) is 37.3 Å². The van der Waals surface area contributed by atoms with Crippen LogP contribution in [0.3, 0.4) is 0 Å². The number of rotatable bonds is 10. The van der Waals surface area contributed by atoms with Gasteiger partial charge in [-0.25, -0.2) is 13.7 Å². The van der Waals surface area contributed by atoms with Crippen LogP contribution in [0.2, 0.25) is 0 Å². The molecule has 12 nitrogen and oxygen atoms in total. The third-order valence-corrected chi connectivity index (χ3v) is 6.49. The van der Waals surface area contributed by atoms with Crippen LogP contribution in [-0.2, 0) is 23.7 Å². The van der Waals surface area contributed by atoms with Gasteiger partial charge in [-0.3, -0.25) is 24.0 Å². The lowest BCUT2D eigenvalue weighted by Gasteiger charge is -2.24. The summed E-state index contributed by atoms with van der Waals surface area (Å²) >= 11 is 0. The molecule has 0 spiro atoms. The summed E-state index contributed by atoms with van der Waals surface area (Å²) in [5.74, 6) is -0.513. The van der Waals surface area contributed by atoms with E-state index in [2.05, 4.69) is 0 Å². The van der Waals surface area contributed by atoms with Gasteiger partial charge in [0, 0.05) is 16.8 Å². The number of H-pyrrole nitrogens is 1. The van der Waals surface area contributed by atoms with E-state index in [9.17, 15) is 24.1 Å². The maximum atomic E-state index is 15.4. The van der Waals surface area contributed by atoms with E-state index < -0.39 is 62.2 Å². The second-order valence-electron chi connectivity index (χ2n) is 7.83. The number of alkyl halides is 1. The summed E-state index contributed by atoms with van der Waals surface area (Å²) in [5, 5.41) is 10.6. The number of hydroxylamine groups is 1. The van der Waals surface area contributed by atoms with Crippen molar-refractivity contribution in [1.29, 1.82) is 0 Å². The zero-order chi connectivity index (χ0) is 25.8. The lowest BCUT2D eigenvalue weighted by atomic mass is 9.98. The van der Waals surface area contributed by atoms with Gasteiger partial charge in [-0.05, 0) is 25.5 Å². The van der Waals surface area contributed by atoms with Crippen molar-refractivity contribution in [3.8, 4) is 5.75 Å². The zero-order valence-corrected chi connectivity index (χ0v) is 20.1. The van der Waals surface area contributed by atoms with Crippen LogP contribution in [0.1, 0.15) is 26.5 Å². The smallest absolute Gasteiger partial charge is 0.468 e. The Morgan fingerprint density at radius 2 is 2.03 bits per heavy atom. The van der Waals surface area contributed by atoms with E-state index in [-0.39, 0.29) is 12.2 Å². The maximum Gasteiger partial charge on any atom is 0.693 e. The monoisotopic (exact) mass is 514 g/mol. The number of esters is 1. The van der Waals surface area contributed by atoms with Gasteiger partial charge in [0.15, 0.2) is 23.7 Å². The quantitative estimate of drug-likeness (QED) is 0.271. The first kappa shape index (κ1) is 26.6. The topological polar surface area (TPSA) is 149 Å². The molecule has 0 saturated carbocycles. The Kier molecular flexibility index (Phi) is 8.51. The van der Waals surface area contributed by atoms with Crippen molar-refractivity contribution in [2.75, 3.05) is 13.7 Å². The molecule has 1 saturated heterocycles. The first-order valence-corrected chi connectivity index (χ1v) is 11.8. The van der Waals surface area contributed by atoms with E-state index in [4.69, 9.17) is 18.8 Å². The van der Waals surface area contributed by atoms with Crippen LogP contribution in [0.15, 0.2) is 52.2 Å². The highest BCUT2D eigenvalue weighted by molar-refractivity contribution is 7.36. The summed E-state index contributed by atoms with van der Waals surface area (Å²) in [5.41, 5.74) is -4.08. The molecular formula is C21H26FN3O9P+. The fourth-order valence-corrected chi connectivity index (χ4v) is 4.55. The number of halogens is 1. The average Bonchev–Trinajstić information content (AvgIpc) is 3.05. The number of nitrogens with zero attached hydrogens (tertiary/aromatic N) is 2. The molecule has 0 radical (unpaired) electrons. The average molecular weight is 514 g/mol. The summed E-state index contributed by atoms with van der Waals surface area (Å²) in [6, 6.07) is 8.00. The Hall–Kier alpha value is -2.96. The molecule has 1 aliphatic heterocycles. The summed E-state index contributed by atoms with van der Waals surface area (Å²) < 4.78 is 44.9. The normalized spacial score (nSPS) is 25.3. The van der Waals surface area contributed by atoms with Gasteiger partial charge in [0.25, 0.3) is 5.56 Å². The molecule has 6 atom stereocenters. The number of aromatic nitrogens is 2. The van der Waals surface area contributed by atoms with Crippen molar-refractivity contribution in [1.82, 2.24) is 14.4 Å². The van der Waals surface area contributed by atoms with Gasteiger partial charge in [0.2, 0.25) is 0 Å². The van der Waals surface area contributed by atoms with E-state index in [0.717, 1.165) is 35.7 Å². The number of aromatic amines is 1. The minimum absolute atomic E-state index is 0.121. The number of carbonyl (C=O) groups excluding carboxylic acids is 1. The standard InChI is InChI=1S/C21H25FN3O9P/c1-4-14(18(28)31-3)25(35(30)34-13-8-6-5-7-9-13)32-12-15-17(27)21(2,22)19(33-15)24-11-10-16(26)23-20(24)29/h5-11,14-15,17,19,27H,4,12H2,1-3H3/p+1/t14-,15+,17+,19+,21+/m0/s1. The highest BCUT2D eigenvalue weighted by Crippen LogP contribution is 2.41. The Morgan fingerprint density at radius 3 is 2.63 bits per heavy atom. The highest BCUT2D eigenvalue weighted by Gasteiger charge is 2.56. The molecule has 2 N–H and O–H groups in total. The lowest BCUT2D eigenvalue weighted by molar-refractivity contribution is -0.181. The molecule has 2 heterocycles. The molecule has 0 aliphatic carbocycles. The molecule has 3 rings (SSSR count). The van der Waals surface area contributed by atoms with Crippen molar-refractivity contribution < 1.29 is 37.7 Å². The van der Waals surface area contributed by atoms with Gasteiger partial charge in [-0.1, -0.05) is 25.1 Å². The number of aliphatic hydroxyl groups excluding tert-OH is 1. The van der Waals surface area contributed by atoms with Crippen LogP contribution in [0.25, 0.3) is 0 Å². The lowest BCUT2D eigenvalue weighted by Crippen LogP contribution is -2.44. The van der Waals surface area contributed by atoms with Crippen molar-refractivity contribution in [2.45, 2.75) is 50.4 Å². The van der Waals surface area contributed by atoms with Crippen molar-refractivity contribution >= 4 is 14.1 Å². The third-order valence-electron chi connectivity index (χ3n) is 5.41. The van der Waals surface area contributed by atoms with Gasteiger partial charge in [-0.2, -0.15) is 0 Å². The molecule has 1 aromatic heterocycles. The highest BCUT2D eigenvalue weighted by atomic mass is 31.1. The number of aliphatic hydroxyl groups is 1. The molecule has 1 unspecified atom stereocenters. The van der Waals surface area contributed by atoms with E-state index in [1.165, 1.54) is 0 Å². The zero-order valence-electron chi connectivity index (χ0n) is 19.2. The first-order chi connectivity index (χ1) is 16.6. The van der Waals surface area contributed by atoms with Gasteiger partial charge >= 0.3 is 19.8 Å². The Balaban J connectivity index is 1.81. The van der Waals surface area contributed by atoms with E-state index in [1.807, 2.05) is 4.98 Å². The van der Waals surface area contributed by atoms with Gasteiger partial charge < -0.3 is 14.6 Å². The summed E-state index contributed by atoms with van der Waals surface area (Å²) in [4.78, 5) is 44.1. The number of nitrogens with one attached hydrogen (secondary N) is 1. The minimum atomic E-state index is -2.79. The fourth-order valence-electron chi connectivity index (χ4n) is 3.52. The second-order valence-corrected chi connectivity index (χ2v) is 8.88. The van der Waals surface area contributed by atoms with Crippen LogP contribution in [0.5, 0.6) is 5.75 Å². The largest absolute Gasteiger partial charge is 0.693 e. The molecule has 1 fully saturated rings. The molecular weight excluding hydrogens is 488 g/mol. The predicted molar refractivity (Wildman–Crippen MR) is 119 cm³/mol. The van der Waals surface area contributed by atoms with Crippen LogP contribution in [0, 0.1) is 0 Å².